The van der Waals surface area contributed by atoms with Gasteiger partial charge in [0.25, 0.3) is 0 Å². The Morgan fingerprint density at radius 2 is 2.25 bits per heavy atom. The lowest BCUT2D eigenvalue weighted by Gasteiger charge is -2.19. The molecule has 0 aromatic heterocycles. The lowest BCUT2D eigenvalue weighted by molar-refractivity contribution is -0.130. The van der Waals surface area contributed by atoms with Crippen LogP contribution in [0.25, 0.3) is 0 Å². The van der Waals surface area contributed by atoms with Crippen LogP contribution >= 0.6 is 0 Å². The van der Waals surface area contributed by atoms with Gasteiger partial charge in [-0.25, -0.2) is 4.39 Å². The van der Waals surface area contributed by atoms with E-state index in [-0.39, 0.29) is 17.8 Å². The SMILES string of the molecule is CCCC(N)CC(=O)N(C)CCOc1cccc(F)c1. The third kappa shape index (κ3) is 6.02. The molecular formula is C15H23FN2O2. The van der Waals surface area contributed by atoms with Crippen molar-refractivity contribution >= 4 is 5.91 Å². The molecule has 0 aliphatic heterocycles. The highest BCUT2D eigenvalue weighted by Gasteiger charge is 2.13. The summed E-state index contributed by atoms with van der Waals surface area (Å²) in [5.41, 5.74) is 5.84. The first-order valence-electron chi connectivity index (χ1n) is 6.90. The van der Waals surface area contributed by atoms with Crippen molar-refractivity contribution in [3.63, 3.8) is 0 Å². The minimum Gasteiger partial charge on any atom is -0.492 e. The summed E-state index contributed by atoms with van der Waals surface area (Å²) in [5, 5.41) is 0. The Bertz CT molecular complexity index is 426. The molecule has 0 saturated carbocycles. The zero-order valence-electron chi connectivity index (χ0n) is 12.1. The molecule has 1 amide bonds. The molecule has 2 N–H and O–H groups in total. The third-order valence-corrected chi connectivity index (χ3v) is 3.01. The number of benzene rings is 1. The zero-order valence-corrected chi connectivity index (χ0v) is 12.1. The summed E-state index contributed by atoms with van der Waals surface area (Å²) >= 11 is 0. The Labute approximate surface area is 119 Å². The topological polar surface area (TPSA) is 55.6 Å². The minimum atomic E-state index is -0.336. The van der Waals surface area contributed by atoms with Gasteiger partial charge in [0.15, 0.2) is 0 Å². The lowest BCUT2D eigenvalue weighted by atomic mass is 10.1. The number of halogens is 1. The Kier molecular flexibility index (Phi) is 7.01. The first-order valence-corrected chi connectivity index (χ1v) is 6.90. The highest BCUT2D eigenvalue weighted by atomic mass is 19.1. The van der Waals surface area contributed by atoms with Crippen LogP contribution in [-0.4, -0.2) is 37.0 Å². The number of carbonyl (C=O) groups is 1. The highest BCUT2D eigenvalue weighted by molar-refractivity contribution is 5.76. The maximum absolute atomic E-state index is 12.9. The fraction of sp³-hybridized carbons (Fsp3) is 0.533. The number of nitrogens with two attached hydrogens (primary N) is 1. The van der Waals surface area contributed by atoms with E-state index in [0.717, 1.165) is 12.8 Å². The number of hydrogen-bond acceptors (Lipinski definition) is 3. The maximum atomic E-state index is 12.9. The summed E-state index contributed by atoms with van der Waals surface area (Å²) in [7, 11) is 1.72. The summed E-state index contributed by atoms with van der Waals surface area (Å²) < 4.78 is 18.3. The second kappa shape index (κ2) is 8.53. The van der Waals surface area contributed by atoms with E-state index in [1.165, 1.54) is 12.1 Å². The van der Waals surface area contributed by atoms with Crippen LogP contribution in [0.1, 0.15) is 26.2 Å². The molecule has 1 rings (SSSR count). The van der Waals surface area contributed by atoms with Crippen LogP contribution in [0.4, 0.5) is 4.39 Å². The highest BCUT2D eigenvalue weighted by Crippen LogP contribution is 2.11. The smallest absolute Gasteiger partial charge is 0.223 e. The van der Waals surface area contributed by atoms with Crippen molar-refractivity contribution in [1.29, 1.82) is 0 Å². The molecule has 0 bridgehead atoms. The molecule has 0 radical (unpaired) electrons. The standard InChI is InChI=1S/C15H23FN2O2/c1-3-5-13(17)11-15(19)18(2)8-9-20-14-7-4-6-12(16)10-14/h4,6-7,10,13H,3,5,8-9,11,17H2,1-2H3. The number of amides is 1. The number of ether oxygens (including phenoxy) is 1. The molecule has 1 atom stereocenters. The average Bonchev–Trinajstić information content (AvgIpc) is 2.38. The molecule has 1 aromatic rings. The van der Waals surface area contributed by atoms with Crippen LogP contribution < -0.4 is 10.5 Å². The average molecular weight is 282 g/mol. The van der Waals surface area contributed by atoms with Crippen molar-refractivity contribution in [1.82, 2.24) is 4.90 Å². The van der Waals surface area contributed by atoms with E-state index in [1.54, 1.807) is 24.1 Å². The van der Waals surface area contributed by atoms with Gasteiger partial charge in [0.2, 0.25) is 5.91 Å². The van der Waals surface area contributed by atoms with E-state index < -0.39 is 0 Å². The Balaban J connectivity index is 2.28. The fourth-order valence-electron chi connectivity index (χ4n) is 1.83. The molecule has 112 valence electrons. The van der Waals surface area contributed by atoms with Crippen molar-refractivity contribution in [2.75, 3.05) is 20.2 Å². The van der Waals surface area contributed by atoms with Crippen molar-refractivity contribution in [2.24, 2.45) is 5.73 Å². The van der Waals surface area contributed by atoms with E-state index in [0.29, 0.717) is 25.3 Å². The first-order chi connectivity index (χ1) is 9.52. The molecule has 0 heterocycles. The molecule has 1 aromatic carbocycles. The number of hydrogen-bond donors (Lipinski definition) is 1. The maximum Gasteiger partial charge on any atom is 0.223 e. The van der Waals surface area contributed by atoms with E-state index in [4.69, 9.17) is 10.5 Å². The molecule has 0 aliphatic rings. The molecule has 0 fully saturated rings. The number of rotatable bonds is 8. The van der Waals surface area contributed by atoms with Gasteiger partial charge in [-0.1, -0.05) is 19.4 Å². The van der Waals surface area contributed by atoms with Gasteiger partial charge in [-0.05, 0) is 18.6 Å². The van der Waals surface area contributed by atoms with E-state index in [1.807, 2.05) is 6.92 Å². The number of carbonyl (C=O) groups excluding carboxylic acids is 1. The Hall–Kier alpha value is -1.62. The number of likely N-dealkylation sites (N-methyl/N-ethyl adjacent to an activating group) is 1. The third-order valence-electron chi connectivity index (χ3n) is 3.01. The van der Waals surface area contributed by atoms with Crippen LogP contribution in [0, 0.1) is 5.82 Å². The largest absolute Gasteiger partial charge is 0.492 e. The van der Waals surface area contributed by atoms with Crippen molar-refractivity contribution in [2.45, 2.75) is 32.2 Å². The van der Waals surface area contributed by atoms with Crippen molar-refractivity contribution in [3.05, 3.63) is 30.1 Å². The van der Waals surface area contributed by atoms with Crippen molar-refractivity contribution < 1.29 is 13.9 Å². The van der Waals surface area contributed by atoms with Crippen LogP contribution in [0.5, 0.6) is 5.75 Å². The summed E-state index contributed by atoms with van der Waals surface area (Å²) in [6, 6.07) is 5.86. The Morgan fingerprint density at radius 1 is 1.50 bits per heavy atom. The molecule has 1 unspecified atom stereocenters. The van der Waals surface area contributed by atoms with Gasteiger partial charge in [0.1, 0.15) is 18.2 Å². The molecule has 20 heavy (non-hydrogen) atoms. The summed E-state index contributed by atoms with van der Waals surface area (Å²) in [6.07, 6.45) is 2.17. The van der Waals surface area contributed by atoms with E-state index >= 15 is 0 Å². The predicted octanol–water partition coefficient (Wildman–Crippen LogP) is 2.18. The van der Waals surface area contributed by atoms with Crippen LogP contribution in [0.2, 0.25) is 0 Å². The van der Waals surface area contributed by atoms with Gasteiger partial charge in [-0.3, -0.25) is 4.79 Å². The Morgan fingerprint density at radius 3 is 2.90 bits per heavy atom. The van der Waals surface area contributed by atoms with E-state index in [2.05, 4.69) is 0 Å². The van der Waals surface area contributed by atoms with E-state index in [9.17, 15) is 9.18 Å². The molecular weight excluding hydrogens is 259 g/mol. The minimum absolute atomic E-state index is 0.00814. The second-order valence-corrected chi connectivity index (χ2v) is 4.87. The molecule has 4 nitrogen and oxygen atoms in total. The van der Waals surface area contributed by atoms with Crippen LogP contribution in [0.15, 0.2) is 24.3 Å². The fourth-order valence-corrected chi connectivity index (χ4v) is 1.83. The van der Waals surface area contributed by atoms with Gasteiger partial charge < -0.3 is 15.4 Å². The summed E-state index contributed by atoms with van der Waals surface area (Å²) in [6.45, 7) is 2.82. The second-order valence-electron chi connectivity index (χ2n) is 4.87. The normalized spacial score (nSPS) is 12.0. The summed E-state index contributed by atoms with van der Waals surface area (Å²) in [5.74, 6) is 0.139. The predicted molar refractivity (Wildman–Crippen MR) is 77.0 cm³/mol. The van der Waals surface area contributed by atoms with Crippen LogP contribution in [0.3, 0.4) is 0 Å². The molecule has 0 saturated heterocycles. The van der Waals surface area contributed by atoms with Crippen molar-refractivity contribution in [3.8, 4) is 5.75 Å². The lowest BCUT2D eigenvalue weighted by Crippen LogP contribution is -2.35. The molecule has 0 spiro atoms. The first kappa shape index (κ1) is 16.4. The van der Waals surface area contributed by atoms with Gasteiger partial charge >= 0.3 is 0 Å². The van der Waals surface area contributed by atoms with Gasteiger partial charge in [0, 0.05) is 25.6 Å². The zero-order chi connectivity index (χ0) is 15.0. The van der Waals surface area contributed by atoms with Crippen LogP contribution in [-0.2, 0) is 4.79 Å². The van der Waals surface area contributed by atoms with Gasteiger partial charge in [-0.15, -0.1) is 0 Å². The number of nitrogens with zero attached hydrogens (tertiary/aromatic N) is 1. The summed E-state index contributed by atoms with van der Waals surface area (Å²) in [4.78, 5) is 13.4. The van der Waals surface area contributed by atoms with Gasteiger partial charge in [-0.2, -0.15) is 0 Å². The quantitative estimate of drug-likeness (QED) is 0.795. The molecule has 0 aliphatic carbocycles. The molecule has 5 heteroatoms. The monoisotopic (exact) mass is 282 g/mol. The van der Waals surface area contributed by atoms with Gasteiger partial charge in [0.05, 0.1) is 6.54 Å².